The molecule has 0 aromatic heterocycles. The maximum atomic E-state index is 11.5. The van der Waals surface area contributed by atoms with E-state index in [0.29, 0.717) is 11.4 Å². The monoisotopic (exact) mass is 252 g/mol. The molecule has 1 amide bonds. The molecule has 1 unspecified atom stereocenters. The number of aliphatic carboxylic acids is 1. The minimum Gasteiger partial charge on any atom is -0.497 e. The van der Waals surface area contributed by atoms with Gasteiger partial charge in [0.05, 0.1) is 13.7 Å². The van der Waals surface area contributed by atoms with Crippen molar-refractivity contribution in [3.63, 3.8) is 0 Å². The SMILES string of the molecule is COc1ccc(NC(=O)CNC(C)C(=O)O)cc1. The molecule has 6 heteroatoms. The molecule has 3 N–H and O–H groups in total. The van der Waals surface area contributed by atoms with Crippen LogP contribution in [0.4, 0.5) is 5.69 Å². The summed E-state index contributed by atoms with van der Waals surface area (Å²) in [5.74, 6) is -0.592. The van der Waals surface area contributed by atoms with Crippen LogP contribution >= 0.6 is 0 Å². The average molecular weight is 252 g/mol. The van der Waals surface area contributed by atoms with Crippen LogP contribution in [0.5, 0.6) is 5.75 Å². The Balaban J connectivity index is 2.42. The van der Waals surface area contributed by atoms with Gasteiger partial charge in [0.25, 0.3) is 0 Å². The number of hydrogen-bond acceptors (Lipinski definition) is 4. The van der Waals surface area contributed by atoms with E-state index in [9.17, 15) is 9.59 Å². The zero-order valence-corrected chi connectivity index (χ0v) is 10.3. The molecule has 0 spiro atoms. The van der Waals surface area contributed by atoms with Crippen molar-refractivity contribution < 1.29 is 19.4 Å². The second-order valence-electron chi connectivity index (χ2n) is 3.72. The molecular weight excluding hydrogens is 236 g/mol. The largest absolute Gasteiger partial charge is 0.497 e. The first-order valence-corrected chi connectivity index (χ1v) is 5.43. The van der Waals surface area contributed by atoms with E-state index < -0.39 is 12.0 Å². The number of carboxylic acids is 1. The predicted molar refractivity (Wildman–Crippen MR) is 66.7 cm³/mol. The number of rotatable bonds is 6. The summed E-state index contributed by atoms with van der Waals surface area (Å²) in [5, 5.41) is 13.9. The van der Waals surface area contributed by atoms with Crippen LogP contribution in [0.2, 0.25) is 0 Å². The van der Waals surface area contributed by atoms with Gasteiger partial charge < -0.3 is 15.2 Å². The zero-order valence-electron chi connectivity index (χ0n) is 10.3. The Kier molecular flexibility index (Phi) is 5.13. The smallest absolute Gasteiger partial charge is 0.320 e. The Bertz CT molecular complexity index is 417. The molecule has 1 aromatic carbocycles. The highest BCUT2D eigenvalue weighted by Gasteiger charge is 2.11. The molecule has 0 aliphatic carbocycles. The quantitative estimate of drug-likeness (QED) is 0.693. The number of carbonyl (C=O) groups is 2. The second-order valence-corrected chi connectivity index (χ2v) is 3.72. The van der Waals surface area contributed by atoms with Gasteiger partial charge in [-0.3, -0.25) is 14.9 Å². The van der Waals surface area contributed by atoms with Crippen LogP contribution in [-0.2, 0) is 9.59 Å². The van der Waals surface area contributed by atoms with Crippen LogP contribution < -0.4 is 15.4 Å². The molecule has 1 aromatic rings. The van der Waals surface area contributed by atoms with Crippen LogP contribution in [0.3, 0.4) is 0 Å². The van der Waals surface area contributed by atoms with Gasteiger partial charge in [0.1, 0.15) is 11.8 Å². The van der Waals surface area contributed by atoms with Gasteiger partial charge in [-0.15, -0.1) is 0 Å². The minimum absolute atomic E-state index is 0.0561. The summed E-state index contributed by atoms with van der Waals surface area (Å²) in [6.45, 7) is 1.42. The highest BCUT2D eigenvalue weighted by Crippen LogP contribution is 2.14. The number of carboxylic acid groups (broad SMARTS) is 1. The maximum absolute atomic E-state index is 11.5. The number of anilines is 1. The zero-order chi connectivity index (χ0) is 13.5. The molecule has 0 radical (unpaired) electrons. The lowest BCUT2D eigenvalue weighted by atomic mass is 10.3. The van der Waals surface area contributed by atoms with Gasteiger partial charge in [-0.1, -0.05) is 0 Å². The molecular formula is C12H16N2O4. The van der Waals surface area contributed by atoms with Crippen LogP contribution in [0.25, 0.3) is 0 Å². The molecule has 6 nitrogen and oxygen atoms in total. The van der Waals surface area contributed by atoms with E-state index in [1.165, 1.54) is 6.92 Å². The summed E-state index contributed by atoms with van der Waals surface area (Å²) in [5.41, 5.74) is 0.630. The first-order chi connectivity index (χ1) is 8.52. The molecule has 1 rings (SSSR count). The van der Waals surface area contributed by atoms with Gasteiger partial charge in [0.2, 0.25) is 5.91 Å². The standard InChI is InChI=1S/C12H16N2O4/c1-8(12(16)17)13-7-11(15)14-9-3-5-10(18-2)6-4-9/h3-6,8,13H,7H2,1-2H3,(H,14,15)(H,16,17). The van der Waals surface area contributed by atoms with Crippen LogP contribution in [0.15, 0.2) is 24.3 Å². The number of benzene rings is 1. The molecule has 0 heterocycles. The van der Waals surface area contributed by atoms with Crippen molar-refractivity contribution in [1.82, 2.24) is 5.32 Å². The van der Waals surface area contributed by atoms with Crippen LogP contribution in [-0.4, -0.2) is 36.7 Å². The molecule has 1 atom stereocenters. The molecule has 0 saturated heterocycles. The Morgan fingerprint density at radius 2 is 1.94 bits per heavy atom. The summed E-state index contributed by atoms with van der Waals surface area (Å²) in [6, 6.07) is 6.10. The third-order valence-corrected chi connectivity index (χ3v) is 2.31. The van der Waals surface area contributed by atoms with Crippen molar-refractivity contribution in [3.8, 4) is 5.75 Å². The highest BCUT2D eigenvalue weighted by molar-refractivity contribution is 5.92. The minimum atomic E-state index is -0.993. The molecule has 18 heavy (non-hydrogen) atoms. The Labute approximate surface area is 105 Å². The summed E-state index contributed by atoms with van der Waals surface area (Å²) >= 11 is 0. The molecule has 0 aliphatic heterocycles. The van der Waals surface area contributed by atoms with E-state index in [4.69, 9.17) is 9.84 Å². The number of hydrogen-bond donors (Lipinski definition) is 3. The van der Waals surface area contributed by atoms with Crippen molar-refractivity contribution in [2.24, 2.45) is 0 Å². The fourth-order valence-electron chi connectivity index (χ4n) is 1.21. The highest BCUT2D eigenvalue weighted by atomic mass is 16.5. The number of nitrogens with one attached hydrogen (secondary N) is 2. The summed E-state index contributed by atoms with van der Waals surface area (Å²) in [6.07, 6.45) is 0. The Morgan fingerprint density at radius 3 is 2.44 bits per heavy atom. The number of carbonyl (C=O) groups excluding carboxylic acids is 1. The number of amides is 1. The van der Waals surface area contributed by atoms with E-state index >= 15 is 0 Å². The van der Waals surface area contributed by atoms with Crippen molar-refractivity contribution in [2.45, 2.75) is 13.0 Å². The van der Waals surface area contributed by atoms with Gasteiger partial charge >= 0.3 is 5.97 Å². The first-order valence-electron chi connectivity index (χ1n) is 5.43. The first kappa shape index (κ1) is 14.0. The Morgan fingerprint density at radius 1 is 1.33 bits per heavy atom. The van der Waals surface area contributed by atoms with Crippen molar-refractivity contribution >= 4 is 17.6 Å². The molecule has 0 fully saturated rings. The topological polar surface area (TPSA) is 87.7 Å². The van der Waals surface area contributed by atoms with E-state index in [0.717, 1.165) is 0 Å². The predicted octanol–water partition coefficient (Wildman–Crippen LogP) is 0.696. The van der Waals surface area contributed by atoms with Gasteiger partial charge in [-0.25, -0.2) is 0 Å². The van der Waals surface area contributed by atoms with Gasteiger partial charge in [0, 0.05) is 5.69 Å². The number of methoxy groups -OCH3 is 1. The van der Waals surface area contributed by atoms with Crippen LogP contribution in [0.1, 0.15) is 6.92 Å². The maximum Gasteiger partial charge on any atom is 0.320 e. The van der Waals surface area contributed by atoms with E-state index in [1.54, 1.807) is 31.4 Å². The third kappa shape index (κ3) is 4.42. The average Bonchev–Trinajstić information content (AvgIpc) is 2.36. The van der Waals surface area contributed by atoms with E-state index in [-0.39, 0.29) is 12.5 Å². The second kappa shape index (κ2) is 6.61. The fraction of sp³-hybridized carbons (Fsp3) is 0.333. The summed E-state index contributed by atoms with van der Waals surface area (Å²) in [7, 11) is 1.56. The van der Waals surface area contributed by atoms with Crippen LogP contribution in [0, 0.1) is 0 Å². The lowest BCUT2D eigenvalue weighted by molar-refractivity contribution is -0.139. The normalized spacial score (nSPS) is 11.7. The van der Waals surface area contributed by atoms with Crippen molar-refractivity contribution in [2.75, 3.05) is 19.0 Å². The molecule has 98 valence electrons. The molecule has 0 bridgehead atoms. The summed E-state index contributed by atoms with van der Waals surface area (Å²) < 4.78 is 4.99. The van der Waals surface area contributed by atoms with E-state index in [1.807, 2.05) is 0 Å². The van der Waals surface area contributed by atoms with E-state index in [2.05, 4.69) is 10.6 Å². The fourth-order valence-corrected chi connectivity index (χ4v) is 1.21. The van der Waals surface area contributed by atoms with Gasteiger partial charge in [-0.2, -0.15) is 0 Å². The van der Waals surface area contributed by atoms with Crippen molar-refractivity contribution in [1.29, 1.82) is 0 Å². The Hall–Kier alpha value is -2.08. The third-order valence-electron chi connectivity index (χ3n) is 2.31. The molecule has 0 aliphatic rings. The van der Waals surface area contributed by atoms with Gasteiger partial charge in [-0.05, 0) is 31.2 Å². The van der Waals surface area contributed by atoms with Crippen molar-refractivity contribution in [3.05, 3.63) is 24.3 Å². The lowest BCUT2D eigenvalue weighted by Gasteiger charge is -2.09. The summed E-state index contributed by atoms with van der Waals surface area (Å²) in [4.78, 5) is 22.0. The van der Waals surface area contributed by atoms with Gasteiger partial charge in [0.15, 0.2) is 0 Å². The lowest BCUT2D eigenvalue weighted by Crippen LogP contribution is -2.39. The molecule has 0 saturated carbocycles. The number of ether oxygens (including phenoxy) is 1.